The predicted octanol–water partition coefficient (Wildman–Crippen LogP) is 7.36. The van der Waals surface area contributed by atoms with Gasteiger partial charge in [0.2, 0.25) is 0 Å². The van der Waals surface area contributed by atoms with Gasteiger partial charge in [-0.3, -0.25) is 0 Å². The fourth-order valence-electron chi connectivity index (χ4n) is 1.32. The van der Waals surface area contributed by atoms with Crippen molar-refractivity contribution in [3.63, 3.8) is 0 Å². The molecule has 1 rings (SSSR count). The first-order valence-electron chi connectivity index (χ1n) is 7.75. The zero-order chi connectivity index (χ0) is 16.6. The fourth-order valence-corrected chi connectivity index (χ4v) is 1.32. The maximum Gasteiger partial charge on any atom is -0.0199 e. The number of hydrogen-bond acceptors (Lipinski definition) is 0. The largest absolute Gasteiger partial charge is 0.103 e. The fraction of sp³-hybridized carbons (Fsp3) is 0.500. The second-order valence-electron chi connectivity index (χ2n) is 4.41. The van der Waals surface area contributed by atoms with Gasteiger partial charge in [0.05, 0.1) is 0 Å². The molecule has 116 valence electrons. The van der Waals surface area contributed by atoms with Crippen LogP contribution in [0.4, 0.5) is 0 Å². The maximum atomic E-state index is 3.36. The smallest absolute Gasteiger partial charge is 0.0199 e. The second-order valence-corrected chi connectivity index (χ2v) is 4.41. The number of aryl methyl sites for hydroxylation is 2. The molecule has 0 bridgehead atoms. The standard InChI is InChI=1S/C12H16.C3H8.C3H6.C2H6/c1-5-10(3)12-8-9(2)6-7-11(12)4;2*1-3-2;1-2/h5-8H,1-4H3;3H2,1-2H3;3H,1H2,2H3;1-2H3/b10-5-;;;. The van der Waals surface area contributed by atoms with Crippen molar-refractivity contribution in [1.82, 2.24) is 0 Å². The van der Waals surface area contributed by atoms with E-state index >= 15 is 0 Å². The molecular formula is C20H36. The molecule has 0 heterocycles. The SMILES string of the molecule is C/C=C(/C)c1cc(C)ccc1C.C=CC.CC.CCC. The van der Waals surface area contributed by atoms with Crippen LogP contribution in [-0.2, 0) is 0 Å². The molecule has 0 aliphatic rings. The van der Waals surface area contributed by atoms with Crippen molar-refractivity contribution in [3.05, 3.63) is 53.6 Å². The van der Waals surface area contributed by atoms with E-state index in [1.807, 2.05) is 20.8 Å². The zero-order valence-electron chi connectivity index (χ0n) is 15.3. The lowest BCUT2D eigenvalue weighted by Crippen LogP contribution is -1.86. The quantitative estimate of drug-likeness (QED) is 0.470. The number of allylic oxidation sites excluding steroid dienone is 3. The van der Waals surface area contributed by atoms with Crippen molar-refractivity contribution in [3.8, 4) is 0 Å². The predicted molar refractivity (Wildman–Crippen MR) is 98.4 cm³/mol. The molecule has 0 nitrogen and oxygen atoms in total. The van der Waals surface area contributed by atoms with E-state index in [9.17, 15) is 0 Å². The third-order valence-electron chi connectivity index (χ3n) is 2.25. The third kappa shape index (κ3) is 13.1. The molecule has 0 N–H and O–H groups in total. The first-order chi connectivity index (χ1) is 9.48. The Bertz CT molecular complexity index is 356. The summed E-state index contributed by atoms with van der Waals surface area (Å²) in [5, 5.41) is 0. The van der Waals surface area contributed by atoms with Crippen LogP contribution < -0.4 is 0 Å². The average Bonchev–Trinajstić information content (AvgIpc) is 2.44. The molecule has 0 saturated carbocycles. The van der Waals surface area contributed by atoms with Gasteiger partial charge in [-0.15, -0.1) is 6.58 Å². The first kappa shape index (κ1) is 23.8. The van der Waals surface area contributed by atoms with E-state index in [0.29, 0.717) is 0 Å². The Morgan fingerprint density at radius 1 is 1.10 bits per heavy atom. The average molecular weight is 277 g/mol. The molecule has 0 aliphatic carbocycles. The van der Waals surface area contributed by atoms with Crippen molar-refractivity contribution in [2.24, 2.45) is 0 Å². The Morgan fingerprint density at radius 2 is 1.50 bits per heavy atom. The van der Waals surface area contributed by atoms with Crippen LogP contribution in [-0.4, -0.2) is 0 Å². The van der Waals surface area contributed by atoms with Crippen molar-refractivity contribution in [2.75, 3.05) is 0 Å². The summed E-state index contributed by atoms with van der Waals surface area (Å²) < 4.78 is 0. The van der Waals surface area contributed by atoms with Crippen LogP contribution in [0.15, 0.2) is 36.9 Å². The summed E-state index contributed by atoms with van der Waals surface area (Å²) in [6.07, 6.45) is 5.15. The first-order valence-corrected chi connectivity index (χ1v) is 7.75. The lowest BCUT2D eigenvalue weighted by atomic mass is 9.99. The van der Waals surface area contributed by atoms with Gasteiger partial charge in [0.15, 0.2) is 0 Å². The van der Waals surface area contributed by atoms with Gasteiger partial charge in [-0.05, 0) is 51.3 Å². The highest BCUT2D eigenvalue weighted by molar-refractivity contribution is 5.66. The zero-order valence-corrected chi connectivity index (χ0v) is 15.3. The van der Waals surface area contributed by atoms with E-state index in [4.69, 9.17) is 0 Å². The monoisotopic (exact) mass is 276 g/mol. The lowest BCUT2D eigenvalue weighted by Gasteiger charge is -2.06. The second kappa shape index (κ2) is 17.7. The molecule has 0 aliphatic heterocycles. The van der Waals surface area contributed by atoms with Crippen LogP contribution in [0.5, 0.6) is 0 Å². The third-order valence-corrected chi connectivity index (χ3v) is 2.25. The van der Waals surface area contributed by atoms with Gasteiger partial charge in [-0.2, -0.15) is 0 Å². The minimum absolute atomic E-state index is 1.25. The van der Waals surface area contributed by atoms with Gasteiger partial charge in [0.25, 0.3) is 0 Å². The van der Waals surface area contributed by atoms with Crippen molar-refractivity contribution in [2.45, 2.75) is 68.7 Å². The van der Waals surface area contributed by atoms with Crippen molar-refractivity contribution in [1.29, 1.82) is 0 Å². The highest BCUT2D eigenvalue weighted by atomic mass is 14.0. The van der Waals surface area contributed by atoms with Gasteiger partial charge in [-0.25, -0.2) is 0 Å². The van der Waals surface area contributed by atoms with Crippen molar-refractivity contribution >= 4 is 5.57 Å². The van der Waals surface area contributed by atoms with E-state index in [-0.39, 0.29) is 0 Å². The molecule has 1 aromatic carbocycles. The molecule has 0 radical (unpaired) electrons. The van der Waals surface area contributed by atoms with E-state index in [2.05, 4.69) is 72.4 Å². The highest BCUT2D eigenvalue weighted by Gasteiger charge is 1.98. The molecule has 20 heavy (non-hydrogen) atoms. The topological polar surface area (TPSA) is 0 Å². The molecule has 0 amide bonds. The van der Waals surface area contributed by atoms with Gasteiger partial charge in [-0.1, -0.05) is 70.0 Å². The normalized spacial score (nSPS) is 8.95. The molecule has 0 heteroatoms. The summed E-state index contributed by atoms with van der Waals surface area (Å²) in [7, 11) is 0. The molecule has 1 aromatic rings. The Kier molecular flexibility index (Phi) is 21.0. The summed E-state index contributed by atoms with van der Waals surface area (Å²) in [5.41, 5.74) is 5.42. The Hall–Kier alpha value is -1.30. The Morgan fingerprint density at radius 3 is 1.85 bits per heavy atom. The number of rotatable bonds is 1. The Balaban J connectivity index is -0.000000304. The van der Waals surface area contributed by atoms with Gasteiger partial charge in [0, 0.05) is 0 Å². The minimum Gasteiger partial charge on any atom is -0.103 e. The summed E-state index contributed by atoms with van der Waals surface area (Å²) in [6, 6.07) is 6.57. The molecule has 0 spiro atoms. The number of benzene rings is 1. The van der Waals surface area contributed by atoms with Crippen LogP contribution in [0.25, 0.3) is 5.57 Å². The molecule has 0 fully saturated rings. The minimum atomic E-state index is 1.25. The summed E-state index contributed by atoms with van der Waals surface area (Å²) in [6.45, 7) is 22.0. The Labute approximate surface area is 128 Å². The molecule has 0 saturated heterocycles. The maximum absolute atomic E-state index is 3.36. The molecule has 0 unspecified atom stereocenters. The van der Waals surface area contributed by atoms with Crippen molar-refractivity contribution < 1.29 is 0 Å². The van der Waals surface area contributed by atoms with Gasteiger partial charge in [0.1, 0.15) is 0 Å². The summed E-state index contributed by atoms with van der Waals surface area (Å²) >= 11 is 0. The van der Waals surface area contributed by atoms with Crippen LogP contribution in [0.1, 0.15) is 71.6 Å². The molecular weight excluding hydrogens is 240 g/mol. The molecule has 0 aromatic heterocycles. The highest BCUT2D eigenvalue weighted by Crippen LogP contribution is 2.19. The van der Waals surface area contributed by atoms with E-state index in [1.165, 1.54) is 28.7 Å². The lowest BCUT2D eigenvalue weighted by molar-refractivity contribution is 1.09. The van der Waals surface area contributed by atoms with Gasteiger partial charge < -0.3 is 0 Å². The van der Waals surface area contributed by atoms with Crippen LogP contribution in [0.2, 0.25) is 0 Å². The van der Waals surface area contributed by atoms with E-state index in [1.54, 1.807) is 6.08 Å². The van der Waals surface area contributed by atoms with E-state index in [0.717, 1.165) is 0 Å². The summed E-state index contributed by atoms with van der Waals surface area (Å²) in [4.78, 5) is 0. The van der Waals surface area contributed by atoms with E-state index < -0.39 is 0 Å². The summed E-state index contributed by atoms with van der Waals surface area (Å²) in [5.74, 6) is 0. The van der Waals surface area contributed by atoms with Crippen LogP contribution in [0.3, 0.4) is 0 Å². The molecule has 0 atom stereocenters. The van der Waals surface area contributed by atoms with Crippen LogP contribution >= 0.6 is 0 Å². The van der Waals surface area contributed by atoms with Crippen LogP contribution in [0, 0.1) is 13.8 Å². The number of hydrogen-bond donors (Lipinski definition) is 0. The van der Waals surface area contributed by atoms with Gasteiger partial charge >= 0.3 is 0 Å².